The lowest BCUT2D eigenvalue weighted by Crippen LogP contribution is -2.61. The SMILES string of the molecule is CCN1CC[C@@]2(C)[C@H](C[C@H](O)[C@@H]3[C@@H]2CC[C@]2(C)[C@@H]([C@H](C)CCC(=O)O)CC[C@@H]32)C1. The number of aliphatic carboxylic acids is 1. The van der Waals surface area contributed by atoms with Crippen molar-refractivity contribution in [3.8, 4) is 0 Å². The van der Waals surface area contributed by atoms with Gasteiger partial charge in [-0.25, -0.2) is 0 Å². The van der Waals surface area contributed by atoms with E-state index < -0.39 is 5.97 Å². The number of likely N-dealkylation sites (tertiary alicyclic amines) is 1. The van der Waals surface area contributed by atoms with Crippen molar-refractivity contribution in [3.05, 3.63) is 0 Å². The Morgan fingerprint density at radius 2 is 1.86 bits per heavy atom. The summed E-state index contributed by atoms with van der Waals surface area (Å²) in [4.78, 5) is 13.7. The summed E-state index contributed by atoms with van der Waals surface area (Å²) in [6.07, 6.45) is 8.21. The Hall–Kier alpha value is -0.610. The molecule has 1 saturated heterocycles. The molecule has 4 aliphatic rings. The van der Waals surface area contributed by atoms with Crippen LogP contribution in [0.1, 0.15) is 79.1 Å². The second-order valence-electron chi connectivity index (χ2n) is 11.6. The summed E-state index contributed by atoms with van der Waals surface area (Å²) in [7, 11) is 0. The molecule has 9 atom stereocenters. The summed E-state index contributed by atoms with van der Waals surface area (Å²) in [6, 6.07) is 0. The molecule has 0 radical (unpaired) electrons. The van der Waals surface area contributed by atoms with Crippen molar-refractivity contribution in [2.45, 2.75) is 85.2 Å². The first-order valence-corrected chi connectivity index (χ1v) is 12.3. The molecule has 3 saturated carbocycles. The van der Waals surface area contributed by atoms with Gasteiger partial charge in [0.15, 0.2) is 0 Å². The van der Waals surface area contributed by atoms with Crippen LogP contribution in [0.5, 0.6) is 0 Å². The minimum Gasteiger partial charge on any atom is -0.481 e. The van der Waals surface area contributed by atoms with Crippen LogP contribution in [0.3, 0.4) is 0 Å². The van der Waals surface area contributed by atoms with Crippen molar-refractivity contribution >= 4 is 5.97 Å². The van der Waals surface area contributed by atoms with Crippen molar-refractivity contribution in [2.24, 2.45) is 46.3 Å². The molecule has 4 rings (SSSR count). The second-order valence-corrected chi connectivity index (χ2v) is 11.6. The zero-order chi connectivity index (χ0) is 21.0. The molecule has 0 amide bonds. The van der Waals surface area contributed by atoms with Crippen molar-refractivity contribution in [1.82, 2.24) is 4.90 Å². The summed E-state index contributed by atoms with van der Waals surface area (Å²) >= 11 is 0. The van der Waals surface area contributed by atoms with Crippen molar-refractivity contribution in [2.75, 3.05) is 19.6 Å². The van der Waals surface area contributed by atoms with Gasteiger partial charge in [-0.1, -0.05) is 27.7 Å². The Morgan fingerprint density at radius 3 is 2.55 bits per heavy atom. The maximum atomic E-state index is 11.4. The monoisotopic (exact) mass is 405 g/mol. The summed E-state index contributed by atoms with van der Waals surface area (Å²) in [6.45, 7) is 13.1. The van der Waals surface area contributed by atoms with E-state index in [4.69, 9.17) is 5.11 Å². The summed E-state index contributed by atoms with van der Waals surface area (Å²) < 4.78 is 0. The molecule has 2 N–H and O–H groups in total. The zero-order valence-electron chi connectivity index (χ0n) is 19.1. The fourth-order valence-corrected chi connectivity index (χ4v) is 8.81. The molecule has 0 spiro atoms. The van der Waals surface area contributed by atoms with Crippen LogP contribution in [0.2, 0.25) is 0 Å². The lowest BCUT2D eigenvalue weighted by molar-refractivity contribution is -0.171. The molecule has 4 fully saturated rings. The van der Waals surface area contributed by atoms with E-state index in [0.29, 0.717) is 47.3 Å². The molecule has 1 aliphatic heterocycles. The lowest BCUT2D eigenvalue weighted by Gasteiger charge is -2.63. The third-order valence-corrected chi connectivity index (χ3v) is 10.5. The van der Waals surface area contributed by atoms with Gasteiger partial charge in [-0.2, -0.15) is 0 Å². The van der Waals surface area contributed by atoms with Gasteiger partial charge >= 0.3 is 5.97 Å². The standard InChI is InChI=1S/C25H43NO3/c1-5-26-13-12-24(3)17(15-26)14-21(27)23-19-8-7-18(16(2)6-9-22(28)29)25(19,4)11-10-20(23)24/h16-21,23,27H,5-15H2,1-4H3,(H,28,29)/t16-,17-,18-,19+,20+,21+,23+,24+,25-/m1/s1. The van der Waals surface area contributed by atoms with Gasteiger partial charge in [0.2, 0.25) is 0 Å². The highest BCUT2D eigenvalue weighted by atomic mass is 16.4. The predicted octanol–water partition coefficient (Wildman–Crippen LogP) is 4.66. The van der Waals surface area contributed by atoms with Crippen LogP contribution in [-0.4, -0.2) is 46.8 Å². The van der Waals surface area contributed by atoms with Gasteiger partial charge in [0.25, 0.3) is 0 Å². The average molecular weight is 406 g/mol. The molecular formula is C25H43NO3. The van der Waals surface area contributed by atoms with E-state index in [0.717, 1.165) is 19.4 Å². The smallest absolute Gasteiger partial charge is 0.303 e. The van der Waals surface area contributed by atoms with E-state index >= 15 is 0 Å². The van der Waals surface area contributed by atoms with Crippen LogP contribution < -0.4 is 0 Å². The maximum Gasteiger partial charge on any atom is 0.303 e. The number of aliphatic hydroxyl groups is 1. The lowest BCUT2D eigenvalue weighted by atomic mass is 9.44. The Morgan fingerprint density at radius 1 is 1.14 bits per heavy atom. The number of carboxylic acid groups (broad SMARTS) is 1. The van der Waals surface area contributed by atoms with Gasteiger partial charge in [-0.15, -0.1) is 0 Å². The molecule has 1 heterocycles. The number of rotatable bonds is 5. The average Bonchev–Trinajstić information content (AvgIpc) is 3.03. The van der Waals surface area contributed by atoms with Crippen LogP contribution in [0.4, 0.5) is 0 Å². The topological polar surface area (TPSA) is 60.8 Å². The number of fused-ring (bicyclic) bond motifs is 5. The molecule has 0 unspecified atom stereocenters. The molecule has 4 nitrogen and oxygen atoms in total. The number of piperidine rings is 1. The minimum absolute atomic E-state index is 0.146. The fourth-order valence-electron chi connectivity index (χ4n) is 8.81. The Labute approximate surface area is 177 Å². The number of carbonyl (C=O) groups is 1. The van der Waals surface area contributed by atoms with Gasteiger partial charge in [-0.3, -0.25) is 4.79 Å². The quantitative estimate of drug-likeness (QED) is 0.698. The summed E-state index contributed by atoms with van der Waals surface area (Å²) in [5.41, 5.74) is 0.678. The first kappa shape index (κ1) is 21.6. The number of nitrogens with zero attached hydrogens (tertiary/aromatic N) is 1. The molecule has 0 aromatic carbocycles. The third kappa shape index (κ3) is 3.46. The highest BCUT2D eigenvalue weighted by Crippen LogP contribution is 2.67. The summed E-state index contributed by atoms with van der Waals surface area (Å²) in [5.74, 6) is 2.81. The predicted molar refractivity (Wildman–Crippen MR) is 116 cm³/mol. The van der Waals surface area contributed by atoms with E-state index in [2.05, 4.69) is 32.6 Å². The van der Waals surface area contributed by atoms with E-state index in [1.54, 1.807) is 0 Å². The Balaban J connectivity index is 1.54. The largest absolute Gasteiger partial charge is 0.481 e. The molecule has 3 aliphatic carbocycles. The van der Waals surface area contributed by atoms with Gasteiger partial charge in [-0.05, 0) is 104 Å². The normalized spacial score (nSPS) is 48.4. The minimum atomic E-state index is -0.666. The van der Waals surface area contributed by atoms with E-state index in [1.165, 1.54) is 45.2 Å². The number of carboxylic acids is 1. The number of hydrogen-bond acceptors (Lipinski definition) is 3. The van der Waals surface area contributed by atoms with Crippen LogP contribution in [0.25, 0.3) is 0 Å². The maximum absolute atomic E-state index is 11.4. The molecule has 4 heteroatoms. The van der Waals surface area contributed by atoms with Gasteiger partial charge in [0, 0.05) is 13.0 Å². The molecule has 166 valence electrons. The number of hydrogen-bond donors (Lipinski definition) is 2. The Kier molecular flexibility index (Phi) is 5.83. The van der Waals surface area contributed by atoms with E-state index in [9.17, 15) is 9.90 Å². The molecule has 0 aromatic rings. The Bertz CT molecular complexity index is 623. The molecule has 0 bridgehead atoms. The zero-order valence-corrected chi connectivity index (χ0v) is 19.1. The van der Waals surface area contributed by atoms with Crippen LogP contribution >= 0.6 is 0 Å². The first-order chi connectivity index (χ1) is 13.7. The van der Waals surface area contributed by atoms with Gasteiger partial charge in [0.1, 0.15) is 0 Å². The van der Waals surface area contributed by atoms with Gasteiger partial charge < -0.3 is 15.1 Å². The van der Waals surface area contributed by atoms with Crippen molar-refractivity contribution in [3.63, 3.8) is 0 Å². The fraction of sp³-hybridized carbons (Fsp3) is 0.960. The highest BCUT2D eigenvalue weighted by Gasteiger charge is 2.62. The van der Waals surface area contributed by atoms with E-state index in [1.807, 2.05) is 0 Å². The summed E-state index contributed by atoms with van der Waals surface area (Å²) in [5, 5.41) is 20.5. The molecule has 29 heavy (non-hydrogen) atoms. The van der Waals surface area contributed by atoms with E-state index in [-0.39, 0.29) is 11.5 Å². The number of aliphatic hydroxyl groups excluding tert-OH is 1. The van der Waals surface area contributed by atoms with Crippen molar-refractivity contribution in [1.29, 1.82) is 0 Å². The third-order valence-electron chi connectivity index (χ3n) is 10.5. The highest BCUT2D eigenvalue weighted by molar-refractivity contribution is 5.66. The first-order valence-electron chi connectivity index (χ1n) is 12.3. The van der Waals surface area contributed by atoms with Gasteiger partial charge in [0.05, 0.1) is 6.10 Å². The van der Waals surface area contributed by atoms with Crippen LogP contribution in [0.15, 0.2) is 0 Å². The molecular weight excluding hydrogens is 362 g/mol. The molecule has 0 aromatic heterocycles. The van der Waals surface area contributed by atoms with Crippen molar-refractivity contribution < 1.29 is 15.0 Å². The second kappa shape index (κ2) is 7.82. The van der Waals surface area contributed by atoms with Crippen LogP contribution in [0, 0.1) is 46.3 Å². The van der Waals surface area contributed by atoms with Crippen LogP contribution in [-0.2, 0) is 4.79 Å².